The van der Waals surface area contributed by atoms with Gasteiger partial charge in [-0.2, -0.15) is 0 Å². The summed E-state index contributed by atoms with van der Waals surface area (Å²) in [6, 6.07) is -0.394. The SMILES string of the molecule is C.C=CCOP(=O)(OCCN)OCC(N)COCCCC. The Morgan fingerprint density at radius 2 is 1.95 bits per heavy atom. The molecule has 0 aliphatic carbocycles. The first-order chi connectivity index (χ1) is 9.58. The van der Waals surface area contributed by atoms with Crippen LogP contribution < -0.4 is 11.5 Å². The molecule has 2 atom stereocenters. The van der Waals surface area contributed by atoms with Crippen LogP contribution in [0.1, 0.15) is 27.2 Å². The van der Waals surface area contributed by atoms with Crippen LogP contribution in [-0.2, 0) is 22.9 Å². The molecule has 0 radical (unpaired) electrons. The van der Waals surface area contributed by atoms with Crippen molar-refractivity contribution in [2.75, 3.05) is 39.6 Å². The summed E-state index contributed by atoms with van der Waals surface area (Å²) in [4.78, 5) is 0. The number of hydrogen-bond acceptors (Lipinski definition) is 7. The summed E-state index contributed by atoms with van der Waals surface area (Å²) < 4.78 is 32.7. The van der Waals surface area contributed by atoms with Crippen LogP contribution in [0, 0.1) is 0 Å². The Labute approximate surface area is 128 Å². The Balaban J connectivity index is 0. The zero-order valence-electron chi connectivity index (χ0n) is 12.2. The summed E-state index contributed by atoms with van der Waals surface area (Å²) >= 11 is 0. The molecule has 0 saturated carbocycles. The third kappa shape index (κ3) is 13.1. The first-order valence-corrected chi connectivity index (χ1v) is 8.22. The van der Waals surface area contributed by atoms with Gasteiger partial charge < -0.3 is 16.2 Å². The zero-order chi connectivity index (χ0) is 15.3. The van der Waals surface area contributed by atoms with Gasteiger partial charge in [-0.25, -0.2) is 4.57 Å². The molecule has 0 spiro atoms. The molecule has 21 heavy (non-hydrogen) atoms. The smallest absolute Gasteiger partial charge is 0.380 e. The van der Waals surface area contributed by atoms with Gasteiger partial charge in [-0.1, -0.05) is 26.8 Å². The van der Waals surface area contributed by atoms with Gasteiger partial charge in [-0.05, 0) is 6.42 Å². The second-order valence-electron chi connectivity index (χ2n) is 4.14. The molecule has 0 fully saturated rings. The Morgan fingerprint density at radius 3 is 2.52 bits per heavy atom. The highest BCUT2D eigenvalue weighted by Crippen LogP contribution is 2.49. The summed E-state index contributed by atoms with van der Waals surface area (Å²) in [6.07, 6.45) is 3.49. The Hall–Kier alpha value is -0.270. The van der Waals surface area contributed by atoms with E-state index in [1.165, 1.54) is 6.08 Å². The lowest BCUT2D eigenvalue weighted by Gasteiger charge is -2.19. The minimum atomic E-state index is -3.64. The second-order valence-corrected chi connectivity index (χ2v) is 5.81. The number of nitrogens with two attached hydrogens (primary N) is 2. The molecule has 4 N–H and O–H groups in total. The van der Waals surface area contributed by atoms with Crippen LogP contribution in [0.4, 0.5) is 0 Å². The third-order valence-corrected chi connectivity index (χ3v) is 3.57. The Bertz CT molecular complexity index is 292. The van der Waals surface area contributed by atoms with E-state index in [0.29, 0.717) is 13.2 Å². The molecule has 0 heterocycles. The van der Waals surface area contributed by atoms with Gasteiger partial charge >= 0.3 is 7.82 Å². The molecule has 0 aliphatic rings. The molecule has 128 valence electrons. The van der Waals surface area contributed by atoms with Crippen LogP contribution in [0.25, 0.3) is 0 Å². The van der Waals surface area contributed by atoms with E-state index in [1.54, 1.807) is 0 Å². The van der Waals surface area contributed by atoms with E-state index in [2.05, 4.69) is 13.5 Å². The number of ether oxygens (including phenoxy) is 1. The van der Waals surface area contributed by atoms with Crippen LogP contribution in [-0.4, -0.2) is 45.6 Å². The molecular weight excluding hydrogens is 295 g/mol. The van der Waals surface area contributed by atoms with Gasteiger partial charge in [0.2, 0.25) is 0 Å². The monoisotopic (exact) mass is 326 g/mol. The molecule has 0 amide bonds. The van der Waals surface area contributed by atoms with Crippen molar-refractivity contribution in [3.8, 4) is 0 Å². The van der Waals surface area contributed by atoms with E-state index in [1.807, 2.05) is 0 Å². The molecule has 0 aromatic rings. The minimum absolute atomic E-state index is 0. The van der Waals surface area contributed by atoms with Crippen molar-refractivity contribution < 1.29 is 22.9 Å². The van der Waals surface area contributed by atoms with E-state index in [0.717, 1.165) is 12.8 Å². The molecule has 0 rings (SSSR count). The molecule has 0 aliphatic heterocycles. The summed E-state index contributed by atoms with van der Waals surface area (Å²) in [5.74, 6) is 0. The molecular formula is C13H31N2O5P. The maximum Gasteiger partial charge on any atom is 0.475 e. The third-order valence-electron chi connectivity index (χ3n) is 2.14. The van der Waals surface area contributed by atoms with Crippen molar-refractivity contribution in [2.45, 2.75) is 33.2 Å². The van der Waals surface area contributed by atoms with Gasteiger partial charge in [0.15, 0.2) is 0 Å². The van der Waals surface area contributed by atoms with Gasteiger partial charge in [-0.3, -0.25) is 13.6 Å². The number of hydrogen-bond donors (Lipinski definition) is 2. The number of rotatable bonds is 14. The number of phosphoric ester groups is 1. The minimum Gasteiger partial charge on any atom is -0.380 e. The summed E-state index contributed by atoms with van der Waals surface area (Å²) in [5.41, 5.74) is 11.1. The zero-order valence-corrected chi connectivity index (χ0v) is 13.1. The molecule has 0 aromatic heterocycles. The lowest BCUT2D eigenvalue weighted by atomic mass is 10.3. The number of phosphoric acid groups is 1. The van der Waals surface area contributed by atoms with Crippen molar-refractivity contribution >= 4 is 7.82 Å². The lowest BCUT2D eigenvalue weighted by molar-refractivity contribution is 0.0811. The van der Waals surface area contributed by atoms with Gasteiger partial charge in [-0.15, -0.1) is 6.58 Å². The second kappa shape index (κ2) is 14.7. The summed E-state index contributed by atoms with van der Waals surface area (Å²) in [5, 5.41) is 0. The quantitative estimate of drug-likeness (QED) is 0.286. The van der Waals surface area contributed by atoms with Crippen molar-refractivity contribution in [1.29, 1.82) is 0 Å². The van der Waals surface area contributed by atoms with Crippen LogP contribution in [0.3, 0.4) is 0 Å². The molecule has 2 unspecified atom stereocenters. The van der Waals surface area contributed by atoms with Crippen molar-refractivity contribution in [3.05, 3.63) is 12.7 Å². The maximum atomic E-state index is 12.1. The van der Waals surface area contributed by atoms with Crippen LogP contribution in [0.15, 0.2) is 12.7 Å². The van der Waals surface area contributed by atoms with E-state index < -0.39 is 13.9 Å². The predicted octanol–water partition coefficient (Wildman–Crippen LogP) is 2.07. The lowest BCUT2D eigenvalue weighted by Crippen LogP contribution is -2.31. The van der Waals surface area contributed by atoms with Crippen molar-refractivity contribution in [2.24, 2.45) is 11.5 Å². The molecule has 7 nitrogen and oxygen atoms in total. The maximum absolute atomic E-state index is 12.1. The Kier molecular flexibility index (Phi) is 16.1. The van der Waals surface area contributed by atoms with Gasteiger partial charge in [0.05, 0.1) is 32.5 Å². The van der Waals surface area contributed by atoms with Gasteiger partial charge in [0.1, 0.15) is 0 Å². The summed E-state index contributed by atoms with van der Waals surface area (Å²) in [6.45, 7) is 6.91. The Morgan fingerprint density at radius 1 is 1.24 bits per heavy atom. The topological polar surface area (TPSA) is 106 Å². The van der Waals surface area contributed by atoms with E-state index in [9.17, 15) is 4.57 Å². The van der Waals surface area contributed by atoms with E-state index >= 15 is 0 Å². The van der Waals surface area contributed by atoms with Gasteiger partial charge in [0.25, 0.3) is 0 Å². The van der Waals surface area contributed by atoms with Crippen LogP contribution >= 0.6 is 7.82 Å². The van der Waals surface area contributed by atoms with E-state index in [-0.39, 0.29) is 33.8 Å². The molecule has 0 aromatic carbocycles. The first-order valence-electron chi connectivity index (χ1n) is 6.76. The molecule has 8 heteroatoms. The highest BCUT2D eigenvalue weighted by molar-refractivity contribution is 7.48. The van der Waals surface area contributed by atoms with Crippen molar-refractivity contribution in [1.82, 2.24) is 0 Å². The highest BCUT2D eigenvalue weighted by Gasteiger charge is 2.26. The van der Waals surface area contributed by atoms with Gasteiger partial charge in [0, 0.05) is 13.2 Å². The molecule has 0 saturated heterocycles. The average molecular weight is 326 g/mol. The summed E-state index contributed by atoms with van der Waals surface area (Å²) in [7, 11) is -3.64. The highest BCUT2D eigenvalue weighted by atomic mass is 31.2. The van der Waals surface area contributed by atoms with Crippen molar-refractivity contribution in [3.63, 3.8) is 0 Å². The first kappa shape index (κ1) is 23.0. The van der Waals surface area contributed by atoms with Crippen LogP contribution in [0.2, 0.25) is 0 Å². The predicted molar refractivity (Wildman–Crippen MR) is 85.1 cm³/mol. The fourth-order valence-electron chi connectivity index (χ4n) is 1.14. The fourth-order valence-corrected chi connectivity index (χ4v) is 2.35. The normalized spacial score (nSPS) is 15.0. The average Bonchev–Trinajstić information content (AvgIpc) is 2.46. The largest absolute Gasteiger partial charge is 0.475 e. The molecule has 0 bridgehead atoms. The standard InChI is InChI=1S/C12H27N2O5P.CH4/c1-3-5-8-16-10-12(14)11-19-20(15,17-7-4-2)18-9-6-13;/h4,12H,2-3,5-11,13-14H2,1H3;1H4. The fraction of sp³-hybridized carbons (Fsp3) is 0.846. The van der Waals surface area contributed by atoms with E-state index in [4.69, 9.17) is 29.8 Å². The number of unbranched alkanes of at least 4 members (excludes halogenated alkanes) is 1. The van der Waals surface area contributed by atoms with Crippen LogP contribution in [0.5, 0.6) is 0 Å².